The summed E-state index contributed by atoms with van der Waals surface area (Å²) in [4.78, 5) is 71.9. The average Bonchev–Trinajstić information content (AvgIpc) is 3.06. The molecule has 3 atom stereocenters. The monoisotopic (exact) mass is 752 g/mol. The van der Waals surface area contributed by atoms with Crippen molar-refractivity contribution in [2.24, 2.45) is 22.7 Å². The second-order valence-electron chi connectivity index (χ2n) is 15.7. The molecule has 1 fully saturated rings. The van der Waals surface area contributed by atoms with Crippen molar-refractivity contribution in [3.63, 3.8) is 0 Å². The molecule has 0 saturated heterocycles. The maximum Gasteiger partial charge on any atom is 0.332 e. The Bertz CT molecular complexity index is 1890. The van der Waals surface area contributed by atoms with E-state index in [-0.39, 0.29) is 41.7 Å². The van der Waals surface area contributed by atoms with Crippen molar-refractivity contribution in [3.8, 4) is 0 Å². The average molecular weight is 753 g/mol. The summed E-state index contributed by atoms with van der Waals surface area (Å²) in [6.07, 6.45) is 26.8. The van der Waals surface area contributed by atoms with Crippen LogP contribution in [-0.4, -0.2) is 51.6 Å². The zero-order valence-electron chi connectivity index (χ0n) is 33.8. The number of esters is 1. The van der Waals surface area contributed by atoms with Gasteiger partial charge in [0.2, 0.25) is 5.78 Å². The Morgan fingerprint density at radius 2 is 1.27 bits per heavy atom. The molecule has 2 rings (SSSR count). The van der Waals surface area contributed by atoms with E-state index in [2.05, 4.69) is 6.08 Å². The first-order valence-corrected chi connectivity index (χ1v) is 18.3. The topological polar surface area (TPSA) is 152 Å². The van der Waals surface area contributed by atoms with Crippen molar-refractivity contribution in [1.29, 1.82) is 0 Å². The van der Waals surface area contributed by atoms with E-state index in [4.69, 9.17) is 9.84 Å². The molecule has 0 aromatic rings. The second kappa shape index (κ2) is 20.3. The molecule has 2 aliphatic rings. The Hall–Kier alpha value is -5.44. The van der Waals surface area contributed by atoms with E-state index in [1.165, 1.54) is 0 Å². The van der Waals surface area contributed by atoms with Crippen LogP contribution in [0.1, 0.15) is 88.5 Å². The number of hydrogen-bond donors (Lipinski definition) is 2. The summed E-state index contributed by atoms with van der Waals surface area (Å²) in [7, 11) is 0. The Kier molecular flexibility index (Phi) is 16.9. The van der Waals surface area contributed by atoms with Crippen molar-refractivity contribution in [2.45, 2.75) is 94.6 Å². The number of rotatable bonds is 15. The van der Waals surface area contributed by atoms with Gasteiger partial charge < -0.3 is 14.9 Å². The number of allylic oxidation sites excluding steroid dienone is 19. The quantitative estimate of drug-likeness (QED) is 0.0722. The molecule has 9 heteroatoms. The van der Waals surface area contributed by atoms with Gasteiger partial charge in [-0.3, -0.25) is 19.2 Å². The van der Waals surface area contributed by atoms with Crippen LogP contribution in [0.5, 0.6) is 0 Å². The molecule has 0 aromatic carbocycles. The zero-order valence-corrected chi connectivity index (χ0v) is 33.8. The summed E-state index contributed by atoms with van der Waals surface area (Å²) in [6.45, 7) is 19.4. The predicted octanol–water partition coefficient (Wildman–Crippen LogP) is 9.09. The molecule has 3 unspecified atom stereocenters. The van der Waals surface area contributed by atoms with Gasteiger partial charge in [0.25, 0.3) is 0 Å². The maximum absolute atomic E-state index is 13.1. The third-order valence-corrected chi connectivity index (χ3v) is 9.75. The van der Waals surface area contributed by atoms with Crippen molar-refractivity contribution >= 4 is 35.3 Å². The normalized spacial score (nSPS) is 23.3. The smallest absolute Gasteiger partial charge is 0.332 e. The van der Waals surface area contributed by atoms with Gasteiger partial charge in [0.05, 0.1) is 12.0 Å². The lowest BCUT2D eigenvalue weighted by atomic mass is 9.63. The molecule has 0 spiro atoms. The Morgan fingerprint density at radius 1 is 0.764 bits per heavy atom. The van der Waals surface area contributed by atoms with E-state index in [0.29, 0.717) is 11.6 Å². The standard InChI is InChI=1S/C46H56O9/c1-29(17-13-19-31(3)21-23-36-33(5)42(51)38(47)27-45(36,7)8)15-11-12-16-30(2)18-14-20-32(4)22-24-37-34(6)43(52)39(28-46(37,9)10)55-41(50)26-35(44(53)54)25-40(48)49/h11-24,26,33,36,39H,25,27-28H2,1-10H3,(H,48,49)(H,53,54)/b12-11+,17-13+,18-14+,23-21?,24-22?,29-15+,30-16+,31-19?,32-20+,35-26?. The summed E-state index contributed by atoms with van der Waals surface area (Å²) in [6, 6.07) is 0. The maximum atomic E-state index is 13.1. The summed E-state index contributed by atoms with van der Waals surface area (Å²) >= 11 is 0. The van der Waals surface area contributed by atoms with Crippen molar-refractivity contribution in [2.75, 3.05) is 0 Å². The van der Waals surface area contributed by atoms with Gasteiger partial charge in [0, 0.05) is 24.8 Å². The number of carboxylic acids is 2. The van der Waals surface area contributed by atoms with Gasteiger partial charge >= 0.3 is 17.9 Å². The van der Waals surface area contributed by atoms with Gasteiger partial charge in [-0.25, -0.2) is 9.59 Å². The molecule has 1 saturated carbocycles. The van der Waals surface area contributed by atoms with Gasteiger partial charge in [0.1, 0.15) is 0 Å². The van der Waals surface area contributed by atoms with E-state index < -0.39 is 47.2 Å². The van der Waals surface area contributed by atoms with E-state index >= 15 is 0 Å². The molecule has 2 N–H and O–H groups in total. The van der Waals surface area contributed by atoms with Crippen LogP contribution in [0.4, 0.5) is 0 Å². The minimum Gasteiger partial charge on any atom is -0.481 e. The Balaban J connectivity index is 1.99. The molecule has 0 radical (unpaired) electrons. The third-order valence-electron chi connectivity index (χ3n) is 9.75. The number of ether oxygens (including phenoxy) is 1. The van der Waals surface area contributed by atoms with Gasteiger partial charge in [-0.2, -0.15) is 0 Å². The highest BCUT2D eigenvalue weighted by molar-refractivity contribution is 6.38. The molecule has 0 aliphatic heterocycles. The lowest BCUT2D eigenvalue weighted by Crippen LogP contribution is -2.43. The molecule has 0 bridgehead atoms. The highest BCUT2D eigenvalue weighted by Gasteiger charge is 2.44. The molecule has 9 nitrogen and oxygen atoms in total. The molecule has 0 aromatic heterocycles. The minimum atomic E-state index is -1.55. The van der Waals surface area contributed by atoms with Gasteiger partial charge in [-0.15, -0.1) is 0 Å². The largest absolute Gasteiger partial charge is 0.481 e. The summed E-state index contributed by atoms with van der Waals surface area (Å²) in [5, 5.41) is 18.1. The first-order chi connectivity index (χ1) is 25.5. The van der Waals surface area contributed by atoms with E-state index in [1.54, 1.807) is 6.92 Å². The fourth-order valence-corrected chi connectivity index (χ4v) is 6.61. The van der Waals surface area contributed by atoms with Crippen molar-refractivity contribution < 1.29 is 43.7 Å². The van der Waals surface area contributed by atoms with Crippen LogP contribution in [0.3, 0.4) is 0 Å². The second-order valence-corrected chi connectivity index (χ2v) is 15.7. The van der Waals surface area contributed by atoms with Crippen LogP contribution in [-0.2, 0) is 33.5 Å². The molecule has 0 heterocycles. The number of Topliss-reactive ketones (excluding diaryl/α,β-unsaturated/α-hetero) is 3. The van der Waals surface area contributed by atoms with Crippen LogP contribution in [0.15, 0.2) is 130 Å². The summed E-state index contributed by atoms with van der Waals surface area (Å²) in [5.74, 6) is -5.27. The van der Waals surface area contributed by atoms with E-state index in [9.17, 15) is 33.9 Å². The van der Waals surface area contributed by atoms with Crippen LogP contribution < -0.4 is 0 Å². The zero-order chi connectivity index (χ0) is 41.7. The molecular weight excluding hydrogens is 696 g/mol. The molecule has 2 aliphatic carbocycles. The first-order valence-electron chi connectivity index (χ1n) is 18.3. The number of aliphatic carboxylic acids is 2. The minimum absolute atomic E-state index is 0.0116. The first kappa shape index (κ1) is 45.7. The van der Waals surface area contributed by atoms with E-state index in [1.807, 2.05) is 141 Å². The van der Waals surface area contributed by atoms with Crippen molar-refractivity contribution in [1.82, 2.24) is 0 Å². The van der Waals surface area contributed by atoms with E-state index in [0.717, 1.165) is 27.9 Å². The number of carbonyl (C=O) groups excluding carboxylic acids is 4. The predicted molar refractivity (Wildman–Crippen MR) is 216 cm³/mol. The van der Waals surface area contributed by atoms with Crippen molar-refractivity contribution in [3.05, 3.63) is 130 Å². The molecular formula is C46H56O9. The number of carbonyl (C=O) groups is 6. The van der Waals surface area contributed by atoms with Crippen LogP contribution in [0.25, 0.3) is 0 Å². The summed E-state index contributed by atoms with van der Waals surface area (Å²) < 4.78 is 5.29. The third kappa shape index (κ3) is 14.4. The van der Waals surface area contributed by atoms with Gasteiger partial charge in [-0.1, -0.05) is 142 Å². The van der Waals surface area contributed by atoms with Crippen LogP contribution >= 0.6 is 0 Å². The Morgan fingerprint density at radius 3 is 1.80 bits per heavy atom. The molecule has 294 valence electrons. The highest BCUT2D eigenvalue weighted by atomic mass is 16.5. The highest BCUT2D eigenvalue weighted by Crippen LogP contribution is 2.42. The number of hydrogen-bond acceptors (Lipinski definition) is 7. The lowest BCUT2D eigenvalue weighted by Gasteiger charge is -2.39. The van der Waals surface area contributed by atoms with Gasteiger partial charge in [0.15, 0.2) is 17.7 Å². The van der Waals surface area contributed by atoms with Crippen LogP contribution in [0, 0.1) is 22.7 Å². The van der Waals surface area contributed by atoms with Gasteiger partial charge in [-0.05, 0) is 62.5 Å². The number of ketones is 3. The number of carboxylic acid groups (broad SMARTS) is 2. The SMILES string of the molecule is CC(C=CC1C(C)C(=O)C(=O)CC1(C)C)=C/C=C/C(C)=C/C=C/C=C(C)/C=C/C=C(\C)C=CC1=C(C)C(=O)C(OC(=O)C=C(CC(=O)O)C(=O)O)CC1(C)C. The lowest BCUT2D eigenvalue weighted by molar-refractivity contribution is -0.151. The summed E-state index contributed by atoms with van der Waals surface area (Å²) in [5.41, 5.74) is 3.91. The Labute approximate surface area is 325 Å². The fraction of sp³-hybridized carbons (Fsp3) is 0.391. The van der Waals surface area contributed by atoms with Crippen LogP contribution in [0.2, 0.25) is 0 Å². The molecule has 55 heavy (non-hydrogen) atoms. The molecule has 0 amide bonds. The fourth-order valence-electron chi connectivity index (χ4n) is 6.61.